The van der Waals surface area contributed by atoms with E-state index >= 15 is 0 Å². The maximum atomic E-state index is 11.6. The highest BCUT2D eigenvalue weighted by Gasteiger charge is 2.15. The second kappa shape index (κ2) is 4.29. The van der Waals surface area contributed by atoms with Gasteiger partial charge in [0.1, 0.15) is 11.3 Å². The zero-order chi connectivity index (χ0) is 12.4. The smallest absolute Gasteiger partial charge is 0.339 e. The first kappa shape index (κ1) is 11.2. The molecule has 0 aliphatic carbocycles. The number of hydrogen-bond acceptors (Lipinski definition) is 5. The van der Waals surface area contributed by atoms with Gasteiger partial charge < -0.3 is 14.3 Å². The molecule has 0 aliphatic rings. The van der Waals surface area contributed by atoms with E-state index in [4.69, 9.17) is 9.15 Å². The third-order valence-electron chi connectivity index (χ3n) is 2.24. The van der Waals surface area contributed by atoms with E-state index in [-0.39, 0.29) is 28.9 Å². The van der Waals surface area contributed by atoms with Gasteiger partial charge in [-0.25, -0.2) is 9.59 Å². The fourth-order valence-electron chi connectivity index (χ4n) is 1.58. The summed E-state index contributed by atoms with van der Waals surface area (Å²) in [6.07, 6.45) is 0. The van der Waals surface area contributed by atoms with Crippen LogP contribution in [0.3, 0.4) is 0 Å². The second-order valence-electron chi connectivity index (χ2n) is 3.35. The Morgan fingerprint density at radius 2 is 2.24 bits per heavy atom. The van der Waals surface area contributed by atoms with E-state index in [1.54, 1.807) is 13.0 Å². The number of ether oxygens (including phenoxy) is 1. The van der Waals surface area contributed by atoms with Crippen molar-refractivity contribution in [1.82, 2.24) is 0 Å². The molecule has 0 unspecified atom stereocenters. The number of aromatic hydroxyl groups is 1. The van der Waals surface area contributed by atoms with Gasteiger partial charge in [-0.3, -0.25) is 0 Å². The molecule has 1 heterocycles. The average Bonchev–Trinajstić information content (AvgIpc) is 2.28. The zero-order valence-electron chi connectivity index (χ0n) is 9.10. The van der Waals surface area contributed by atoms with Crippen LogP contribution >= 0.6 is 0 Å². The third-order valence-corrected chi connectivity index (χ3v) is 2.24. The van der Waals surface area contributed by atoms with Gasteiger partial charge in [0.15, 0.2) is 0 Å². The SMILES string of the molecule is CCOC(=O)c1cccc2oc(=O)cc(O)c12. The minimum atomic E-state index is -0.670. The summed E-state index contributed by atoms with van der Waals surface area (Å²) in [4.78, 5) is 22.7. The van der Waals surface area contributed by atoms with Crippen LogP contribution in [-0.2, 0) is 4.74 Å². The first-order valence-electron chi connectivity index (χ1n) is 5.06. The van der Waals surface area contributed by atoms with E-state index in [0.717, 1.165) is 6.07 Å². The minimum Gasteiger partial charge on any atom is -0.507 e. The summed E-state index contributed by atoms with van der Waals surface area (Å²) in [7, 11) is 0. The molecule has 0 aliphatic heterocycles. The van der Waals surface area contributed by atoms with Crippen molar-refractivity contribution in [3.05, 3.63) is 40.2 Å². The topological polar surface area (TPSA) is 76.7 Å². The predicted octanol–water partition coefficient (Wildman–Crippen LogP) is 1.68. The van der Waals surface area contributed by atoms with Crippen molar-refractivity contribution in [3.8, 4) is 5.75 Å². The predicted molar refractivity (Wildman–Crippen MR) is 60.1 cm³/mol. The molecule has 2 aromatic rings. The summed E-state index contributed by atoms with van der Waals surface area (Å²) in [6.45, 7) is 1.91. The lowest BCUT2D eigenvalue weighted by molar-refractivity contribution is 0.0528. The molecule has 0 atom stereocenters. The molecule has 0 spiro atoms. The van der Waals surface area contributed by atoms with Crippen molar-refractivity contribution in [2.24, 2.45) is 0 Å². The Morgan fingerprint density at radius 3 is 2.94 bits per heavy atom. The van der Waals surface area contributed by atoms with Crippen LogP contribution < -0.4 is 5.63 Å². The molecule has 1 N–H and O–H groups in total. The molecule has 0 saturated carbocycles. The van der Waals surface area contributed by atoms with E-state index in [1.807, 2.05) is 0 Å². The molecule has 1 aromatic heterocycles. The van der Waals surface area contributed by atoms with Gasteiger partial charge in [-0.15, -0.1) is 0 Å². The van der Waals surface area contributed by atoms with E-state index in [0.29, 0.717) is 0 Å². The van der Waals surface area contributed by atoms with E-state index in [2.05, 4.69) is 0 Å². The Labute approximate surface area is 96.2 Å². The standard InChI is InChI=1S/C12H10O5/c1-2-16-12(15)7-4-3-5-9-11(7)8(13)6-10(14)17-9/h3-6,13H,2H2,1H3. The maximum Gasteiger partial charge on any atom is 0.339 e. The molecule has 0 bridgehead atoms. The largest absolute Gasteiger partial charge is 0.507 e. The normalized spacial score (nSPS) is 10.4. The molecule has 0 fully saturated rings. The van der Waals surface area contributed by atoms with Crippen molar-refractivity contribution in [2.75, 3.05) is 6.61 Å². The number of esters is 1. The molecule has 0 radical (unpaired) electrons. The van der Waals surface area contributed by atoms with Gasteiger partial charge in [-0.2, -0.15) is 0 Å². The second-order valence-corrected chi connectivity index (χ2v) is 3.35. The number of rotatable bonds is 2. The van der Waals surface area contributed by atoms with Gasteiger partial charge >= 0.3 is 11.6 Å². The number of carbonyl (C=O) groups is 1. The number of hydrogen-bond donors (Lipinski definition) is 1. The number of benzene rings is 1. The van der Waals surface area contributed by atoms with Gasteiger partial charge in [-0.1, -0.05) is 6.07 Å². The van der Waals surface area contributed by atoms with Crippen LogP contribution in [0.5, 0.6) is 5.75 Å². The van der Waals surface area contributed by atoms with Crippen LogP contribution in [0.1, 0.15) is 17.3 Å². The monoisotopic (exact) mass is 234 g/mol. The lowest BCUT2D eigenvalue weighted by Gasteiger charge is -2.06. The van der Waals surface area contributed by atoms with Crippen LogP contribution in [0, 0.1) is 0 Å². The van der Waals surface area contributed by atoms with E-state index in [9.17, 15) is 14.7 Å². The van der Waals surface area contributed by atoms with Crippen LogP contribution in [0.2, 0.25) is 0 Å². The molecule has 17 heavy (non-hydrogen) atoms. The lowest BCUT2D eigenvalue weighted by Crippen LogP contribution is -2.06. The summed E-state index contributed by atoms with van der Waals surface area (Å²) < 4.78 is 9.74. The summed E-state index contributed by atoms with van der Waals surface area (Å²) in [6, 6.07) is 5.47. The van der Waals surface area contributed by atoms with Gasteiger partial charge in [0, 0.05) is 0 Å². The van der Waals surface area contributed by atoms with Gasteiger partial charge in [0.05, 0.1) is 23.6 Å². The highest BCUT2D eigenvalue weighted by molar-refractivity contribution is 6.05. The Balaban J connectivity index is 2.73. The molecule has 0 saturated heterocycles. The molecular weight excluding hydrogens is 224 g/mol. The summed E-state index contributed by atoms with van der Waals surface area (Å²) in [5, 5.41) is 9.87. The van der Waals surface area contributed by atoms with Crippen LogP contribution in [0.15, 0.2) is 33.5 Å². The highest BCUT2D eigenvalue weighted by atomic mass is 16.5. The minimum absolute atomic E-state index is 0.153. The summed E-state index contributed by atoms with van der Waals surface area (Å²) in [5.41, 5.74) is -0.345. The summed E-state index contributed by atoms with van der Waals surface area (Å²) >= 11 is 0. The van der Waals surface area contributed by atoms with Crippen LogP contribution in [0.25, 0.3) is 11.0 Å². The quantitative estimate of drug-likeness (QED) is 0.631. The fourth-order valence-corrected chi connectivity index (χ4v) is 1.58. The maximum absolute atomic E-state index is 11.6. The number of fused-ring (bicyclic) bond motifs is 1. The molecule has 1 aromatic carbocycles. The zero-order valence-corrected chi connectivity index (χ0v) is 9.10. The summed E-state index contributed by atoms with van der Waals surface area (Å²) in [5.74, 6) is -0.859. The Bertz CT molecular complexity index is 626. The van der Waals surface area contributed by atoms with Crippen molar-refractivity contribution in [2.45, 2.75) is 6.92 Å². The molecular formula is C12H10O5. The third kappa shape index (κ3) is 1.99. The fraction of sp³-hybridized carbons (Fsp3) is 0.167. The van der Waals surface area contributed by atoms with Gasteiger partial charge in [-0.05, 0) is 19.1 Å². The van der Waals surface area contributed by atoms with Crippen molar-refractivity contribution in [3.63, 3.8) is 0 Å². The molecule has 2 rings (SSSR count). The van der Waals surface area contributed by atoms with E-state index in [1.165, 1.54) is 12.1 Å². The first-order chi connectivity index (χ1) is 8.13. The van der Waals surface area contributed by atoms with Crippen molar-refractivity contribution < 1.29 is 19.1 Å². The van der Waals surface area contributed by atoms with Crippen molar-refractivity contribution in [1.29, 1.82) is 0 Å². The Morgan fingerprint density at radius 1 is 1.47 bits per heavy atom. The van der Waals surface area contributed by atoms with E-state index < -0.39 is 11.6 Å². The first-order valence-corrected chi connectivity index (χ1v) is 5.06. The Hall–Kier alpha value is -2.30. The van der Waals surface area contributed by atoms with Crippen LogP contribution in [-0.4, -0.2) is 17.7 Å². The lowest BCUT2D eigenvalue weighted by atomic mass is 10.1. The van der Waals surface area contributed by atoms with Crippen LogP contribution in [0.4, 0.5) is 0 Å². The number of carbonyl (C=O) groups excluding carboxylic acids is 1. The molecule has 0 amide bonds. The molecule has 5 heteroatoms. The Kier molecular flexibility index (Phi) is 2.82. The highest BCUT2D eigenvalue weighted by Crippen LogP contribution is 2.26. The van der Waals surface area contributed by atoms with Gasteiger partial charge in [0.25, 0.3) is 0 Å². The molecule has 88 valence electrons. The van der Waals surface area contributed by atoms with Gasteiger partial charge in [0.2, 0.25) is 0 Å². The van der Waals surface area contributed by atoms with Crippen molar-refractivity contribution >= 4 is 16.9 Å². The molecule has 5 nitrogen and oxygen atoms in total. The average molecular weight is 234 g/mol.